The number of hydrogen-bond donors (Lipinski definition) is 2. The predicted molar refractivity (Wildman–Crippen MR) is 158 cm³/mol. The minimum absolute atomic E-state index is 0.0135. The lowest BCUT2D eigenvalue weighted by atomic mass is 10.0. The third kappa shape index (κ3) is 7.13. The largest absolute Gasteiger partial charge is 0.376 e. The standard InChI is InChI=1S/C28H30BrN5O7S/c1-17(35)30-28-32-25-23(26(36)33-28)31-27(29)34(25)21-13-22(40-15-19-11-7-4-8-12-19)20(24(21)41-42(2,37)38)16-39-14-18-9-5-3-6-10-18/h3-12,20-22,24H,13-16H2,1-2H3,(H2,30,32,33,35,36)/t20-,21+,22+,24+/m1/s1. The highest BCUT2D eigenvalue weighted by Crippen LogP contribution is 2.43. The van der Waals surface area contributed by atoms with Crippen LogP contribution in [0.1, 0.15) is 30.5 Å². The van der Waals surface area contributed by atoms with Gasteiger partial charge < -0.3 is 9.47 Å². The monoisotopic (exact) mass is 659 g/mol. The van der Waals surface area contributed by atoms with E-state index in [1.165, 1.54) is 6.92 Å². The van der Waals surface area contributed by atoms with E-state index in [9.17, 15) is 18.0 Å². The molecule has 2 aromatic carbocycles. The number of carbonyl (C=O) groups excluding carboxylic acids is 1. The van der Waals surface area contributed by atoms with E-state index in [1.54, 1.807) is 4.57 Å². The molecule has 0 saturated heterocycles. The van der Waals surface area contributed by atoms with Crippen LogP contribution in [0.3, 0.4) is 0 Å². The first kappa shape index (κ1) is 30.0. The number of fused-ring (bicyclic) bond motifs is 1. The minimum Gasteiger partial charge on any atom is -0.376 e. The number of rotatable bonds is 11. The molecule has 42 heavy (non-hydrogen) atoms. The lowest BCUT2D eigenvalue weighted by Crippen LogP contribution is -2.35. The second kappa shape index (κ2) is 12.8. The molecule has 222 valence electrons. The van der Waals surface area contributed by atoms with Gasteiger partial charge >= 0.3 is 0 Å². The number of hydrogen-bond acceptors (Lipinski definition) is 9. The number of amides is 1. The Labute approximate surface area is 250 Å². The molecule has 5 rings (SSSR count). The average Bonchev–Trinajstić information content (AvgIpc) is 3.43. The van der Waals surface area contributed by atoms with E-state index < -0.39 is 45.8 Å². The first-order chi connectivity index (χ1) is 20.1. The first-order valence-electron chi connectivity index (χ1n) is 13.2. The van der Waals surface area contributed by atoms with E-state index >= 15 is 0 Å². The fourth-order valence-electron chi connectivity index (χ4n) is 5.17. The van der Waals surface area contributed by atoms with E-state index in [2.05, 4.69) is 36.2 Å². The van der Waals surface area contributed by atoms with Crippen LogP contribution in [0, 0.1) is 5.92 Å². The van der Waals surface area contributed by atoms with Crippen molar-refractivity contribution in [3.8, 4) is 0 Å². The SMILES string of the molecule is CC(=O)Nc1nc2c(nc(Br)n2[C@H]2C[C@H](OCc3ccccc3)[C@@H](COCc3ccccc3)[C@@H]2OS(C)(=O)=O)c(=O)[nH]1. The number of nitrogens with zero attached hydrogens (tertiary/aromatic N) is 3. The molecule has 1 aliphatic carbocycles. The number of aromatic amines is 1. The zero-order valence-electron chi connectivity index (χ0n) is 22.9. The molecule has 4 aromatic rings. The summed E-state index contributed by atoms with van der Waals surface area (Å²) in [5, 5.41) is 2.48. The van der Waals surface area contributed by atoms with E-state index in [-0.39, 0.29) is 35.1 Å². The average molecular weight is 661 g/mol. The molecule has 0 spiro atoms. The van der Waals surface area contributed by atoms with Gasteiger partial charge in [0.1, 0.15) is 6.10 Å². The summed E-state index contributed by atoms with van der Waals surface area (Å²) < 4.78 is 45.1. The molecule has 12 nitrogen and oxygen atoms in total. The van der Waals surface area contributed by atoms with Gasteiger partial charge in [-0.3, -0.25) is 28.6 Å². The summed E-state index contributed by atoms with van der Waals surface area (Å²) in [7, 11) is -3.94. The van der Waals surface area contributed by atoms with Gasteiger partial charge in [-0.15, -0.1) is 0 Å². The van der Waals surface area contributed by atoms with Crippen LogP contribution in [0.5, 0.6) is 0 Å². The molecule has 1 aliphatic rings. The van der Waals surface area contributed by atoms with Crippen LogP contribution in [0.4, 0.5) is 5.95 Å². The number of nitrogens with one attached hydrogen (secondary N) is 2. The van der Waals surface area contributed by atoms with Crippen LogP contribution < -0.4 is 10.9 Å². The van der Waals surface area contributed by atoms with Crippen LogP contribution in [-0.4, -0.2) is 58.9 Å². The molecule has 2 aromatic heterocycles. The zero-order chi connectivity index (χ0) is 29.9. The molecular formula is C28H30BrN5O7S. The van der Waals surface area contributed by atoms with Gasteiger partial charge in [-0.25, -0.2) is 4.98 Å². The summed E-state index contributed by atoms with van der Waals surface area (Å²) >= 11 is 3.43. The second-order valence-electron chi connectivity index (χ2n) is 10.1. The fraction of sp³-hybridized carbons (Fsp3) is 0.357. The Bertz CT molecular complexity index is 1710. The Balaban J connectivity index is 1.53. The van der Waals surface area contributed by atoms with Gasteiger partial charge in [-0.2, -0.15) is 13.4 Å². The van der Waals surface area contributed by atoms with Crippen molar-refractivity contribution >= 4 is 49.1 Å². The molecule has 4 atom stereocenters. The molecule has 1 saturated carbocycles. The first-order valence-corrected chi connectivity index (χ1v) is 15.8. The summed E-state index contributed by atoms with van der Waals surface area (Å²) in [4.78, 5) is 35.7. The second-order valence-corrected chi connectivity index (χ2v) is 12.4. The van der Waals surface area contributed by atoms with E-state index in [4.69, 9.17) is 13.7 Å². The number of halogens is 1. The molecular weight excluding hydrogens is 630 g/mol. The quantitative estimate of drug-likeness (QED) is 0.182. The number of ether oxygens (including phenoxy) is 2. The van der Waals surface area contributed by atoms with Crippen LogP contribution in [-0.2, 0) is 41.8 Å². The maximum absolute atomic E-state index is 12.8. The van der Waals surface area contributed by atoms with Gasteiger partial charge in [0, 0.05) is 12.8 Å². The molecule has 14 heteroatoms. The van der Waals surface area contributed by atoms with E-state index in [0.29, 0.717) is 13.0 Å². The van der Waals surface area contributed by atoms with Gasteiger partial charge in [-0.05, 0) is 33.5 Å². The minimum atomic E-state index is -3.94. The van der Waals surface area contributed by atoms with Crippen LogP contribution >= 0.6 is 15.9 Å². The van der Waals surface area contributed by atoms with Crippen LogP contribution in [0.2, 0.25) is 0 Å². The Morgan fingerprint density at radius 3 is 2.33 bits per heavy atom. The lowest BCUT2D eigenvalue weighted by Gasteiger charge is -2.26. The van der Waals surface area contributed by atoms with Crippen molar-refractivity contribution < 1.29 is 26.9 Å². The van der Waals surface area contributed by atoms with Gasteiger partial charge in [0.2, 0.25) is 11.9 Å². The van der Waals surface area contributed by atoms with Crippen molar-refractivity contribution in [1.82, 2.24) is 19.5 Å². The molecule has 0 unspecified atom stereocenters. The topological polar surface area (TPSA) is 154 Å². The smallest absolute Gasteiger partial charge is 0.280 e. The van der Waals surface area contributed by atoms with Crippen LogP contribution in [0.25, 0.3) is 11.2 Å². The van der Waals surface area contributed by atoms with Gasteiger partial charge in [0.05, 0.1) is 38.2 Å². The highest BCUT2D eigenvalue weighted by Gasteiger charge is 2.49. The maximum Gasteiger partial charge on any atom is 0.280 e. The van der Waals surface area contributed by atoms with Crippen molar-refractivity contribution in [2.24, 2.45) is 5.92 Å². The molecule has 0 radical (unpaired) electrons. The van der Waals surface area contributed by atoms with Crippen molar-refractivity contribution in [2.75, 3.05) is 18.2 Å². The number of carbonyl (C=O) groups is 1. The van der Waals surface area contributed by atoms with E-state index in [1.807, 2.05) is 60.7 Å². The number of imidazole rings is 1. The summed E-state index contributed by atoms with van der Waals surface area (Å²) in [6, 6.07) is 18.6. The third-order valence-electron chi connectivity index (χ3n) is 6.90. The Morgan fingerprint density at radius 2 is 1.71 bits per heavy atom. The molecule has 2 N–H and O–H groups in total. The summed E-state index contributed by atoms with van der Waals surface area (Å²) in [6.45, 7) is 2.03. The molecule has 2 heterocycles. The highest BCUT2D eigenvalue weighted by molar-refractivity contribution is 9.10. The predicted octanol–water partition coefficient (Wildman–Crippen LogP) is 3.55. The zero-order valence-corrected chi connectivity index (χ0v) is 25.3. The van der Waals surface area contributed by atoms with Gasteiger partial charge in [0.15, 0.2) is 15.9 Å². The summed E-state index contributed by atoms with van der Waals surface area (Å²) in [6.07, 6.45) is -0.141. The number of benzene rings is 2. The number of anilines is 1. The lowest BCUT2D eigenvalue weighted by molar-refractivity contribution is -0.114. The summed E-state index contributed by atoms with van der Waals surface area (Å²) in [5.74, 6) is -1.00. The third-order valence-corrected chi connectivity index (χ3v) is 8.03. The normalized spacial score (nSPS) is 20.6. The Kier molecular flexibility index (Phi) is 9.18. The molecule has 1 fully saturated rings. The molecule has 0 aliphatic heterocycles. The molecule has 0 bridgehead atoms. The van der Waals surface area contributed by atoms with Crippen LogP contribution in [0.15, 0.2) is 70.2 Å². The Morgan fingerprint density at radius 1 is 1.07 bits per heavy atom. The van der Waals surface area contributed by atoms with Gasteiger partial charge in [-0.1, -0.05) is 60.7 Å². The van der Waals surface area contributed by atoms with Crippen molar-refractivity contribution in [3.63, 3.8) is 0 Å². The maximum atomic E-state index is 12.8. The van der Waals surface area contributed by atoms with Crippen molar-refractivity contribution in [2.45, 2.75) is 44.8 Å². The summed E-state index contributed by atoms with van der Waals surface area (Å²) in [5.41, 5.74) is 1.51. The van der Waals surface area contributed by atoms with Gasteiger partial charge in [0.25, 0.3) is 15.7 Å². The van der Waals surface area contributed by atoms with Crippen molar-refractivity contribution in [1.29, 1.82) is 0 Å². The molecule has 1 amide bonds. The number of H-pyrrole nitrogens is 1. The fourth-order valence-corrected chi connectivity index (χ4v) is 6.45. The number of aromatic nitrogens is 4. The highest BCUT2D eigenvalue weighted by atomic mass is 79.9. The Hall–Kier alpha value is -3.43. The van der Waals surface area contributed by atoms with Crippen molar-refractivity contribution in [3.05, 3.63) is 86.9 Å². The van der Waals surface area contributed by atoms with E-state index in [0.717, 1.165) is 17.4 Å².